The summed E-state index contributed by atoms with van der Waals surface area (Å²) in [6, 6.07) is 9.56. The van der Waals surface area contributed by atoms with Crippen LogP contribution in [-0.2, 0) is 22.6 Å². The van der Waals surface area contributed by atoms with Crippen molar-refractivity contribution in [2.24, 2.45) is 5.73 Å². The van der Waals surface area contributed by atoms with Gasteiger partial charge in [0.15, 0.2) is 9.84 Å². The van der Waals surface area contributed by atoms with Crippen LogP contribution in [0.3, 0.4) is 0 Å². The molecule has 10 heteroatoms. The minimum atomic E-state index is -4.71. The molecule has 0 spiro atoms. The normalized spacial score (nSPS) is 12.4. The molecule has 0 fully saturated rings. The highest BCUT2D eigenvalue weighted by Crippen LogP contribution is 2.32. The van der Waals surface area contributed by atoms with Crippen molar-refractivity contribution >= 4 is 26.8 Å². The molecule has 28 heavy (non-hydrogen) atoms. The predicted octanol–water partition coefficient (Wildman–Crippen LogP) is 3.00. The maximum atomic E-state index is 13.5. The molecule has 1 heterocycles. The number of alkyl halides is 3. The lowest BCUT2D eigenvalue weighted by atomic mass is 10.2. The molecule has 1 aromatic heterocycles. The number of amides is 1. The topological polar surface area (TPSA) is 95.1 Å². The Kier molecular flexibility index (Phi) is 4.92. The Morgan fingerprint density at radius 2 is 1.79 bits per heavy atom. The Morgan fingerprint density at radius 3 is 2.32 bits per heavy atom. The van der Waals surface area contributed by atoms with Crippen LogP contribution >= 0.6 is 0 Å². The zero-order valence-corrected chi connectivity index (χ0v) is 15.5. The second-order valence-electron chi connectivity index (χ2n) is 6.13. The summed E-state index contributed by atoms with van der Waals surface area (Å²) >= 11 is 0. The van der Waals surface area contributed by atoms with E-state index in [2.05, 4.69) is 4.98 Å². The fraction of sp³-hybridized carbons (Fsp3) is 0.222. The predicted molar refractivity (Wildman–Crippen MR) is 96.5 cm³/mol. The Hall–Kier alpha value is -2.88. The van der Waals surface area contributed by atoms with E-state index in [0.29, 0.717) is 5.56 Å². The number of primary amides is 1. The van der Waals surface area contributed by atoms with Crippen LogP contribution in [0.25, 0.3) is 11.0 Å². The lowest BCUT2D eigenvalue weighted by molar-refractivity contribution is -0.146. The molecule has 0 atom stereocenters. The number of carbonyl (C=O) groups is 1. The summed E-state index contributed by atoms with van der Waals surface area (Å²) in [5, 5.41) is 0. The zero-order chi connectivity index (χ0) is 20.7. The first-order valence-corrected chi connectivity index (χ1v) is 9.87. The van der Waals surface area contributed by atoms with Crippen molar-refractivity contribution in [3.8, 4) is 0 Å². The third-order valence-corrected chi connectivity index (χ3v) is 6.04. The molecule has 0 saturated heterocycles. The van der Waals surface area contributed by atoms with Gasteiger partial charge < -0.3 is 10.3 Å². The van der Waals surface area contributed by atoms with Crippen LogP contribution in [0.1, 0.15) is 28.7 Å². The molecule has 0 saturated carbocycles. The summed E-state index contributed by atoms with van der Waals surface area (Å²) in [5.74, 6) is -1.95. The van der Waals surface area contributed by atoms with E-state index in [1.165, 1.54) is 49.4 Å². The standard InChI is InChI=1S/C18H16F3N3O3S/c1-2-28(26,27)13-6-3-11(4-7-13)10-24-15-8-5-12(16(22)25)9-14(15)23-17(24)18(19,20)21/h3-9H,2,10H2,1H3,(H2,22,25). The molecule has 0 aliphatic carbocycles. The summed E-state index contributed by atoms with van der Waals surface area (Å²) in [4.78, 5) is 15.0. The Balaban J connectivity index is 2.07. The SMILES string of the molecule is CCS(=O)(=O)c1ccc(Cn2c(C(F)(F)F)nc3cc(C(N)=O)ccc32)cc1. The van der Waals surface area contributed by atoms with Crippen LogP contribution in [-0.4, -0.2) is 29.6 Å². The van der Waals surface area contributed by atoms with Crippen molar-refractivity contribution in [3.63, 3.8) is 0 Å². The maximum absolute atomic E-state index is 13.5. The Bertz CT molecular complexity index is 1150. The molecule has 3 aromatic rings. The molecule has 2 aromatic carbocycles. The van der Waals surface area contributed by atoms with E-state index in [9.17, 15) is 26.4 Å². The van der Waals surface area contributed by atoms with Gasteiger partial charge in [0.05, 0.1) is 21.7 Å². The van der Waals surface area contributed by atoms with Crippen LogP contribution in [0.4, 0.5) is 13.2 Å². The highest BCUT2D eigenvalue weighted by atomic mass is 32.2. The van der Waals surface area contributed by atoms with E-state index >= 15 is 0 Å². The molecule has 0 radical (unpaired) electrons. The molecule has 1 amide bonds. The smallest absolute Gasteiger partial charge is 0.366 e. The van der Waals surface area contributed by atoms with E-state index < -0.39 is 27.7 Å². The first-order chi connectivity index (χ1) is 13.0. The summed E-state index contributed by atoms with van der Waals surface area (Å²) in [5.41, 5.74) is 5.88. The fourth-order valence-corrected chi connectivity index (χ4v) is 3.70. The average molecular weight is 411 g/mol. The van der Waals surface area contributed by atoms with Crippen molar-refractivity contribution < 1.29 is 26.4 Å². The Morgan fingerprint density at radius 1 is 1.14 bits per heavy atom. The molecular weight excluding hydrogens is 395 g/mol. The molecule has 6 nitrogen and oxygen atoms in total. The second-order valence-corrected chi connectivity index (χ2v) is 8.41. The largest absolute Gasteiger partial charge is 0.449 e. The minimum absolute atomic E-state index is 0.00574. The average Bonchev–Trinajstić information content (AvgIpc) is 3.00. The van der Waals surface area contributed by atoms with Gasteiger partial charge in [-0.1, -0.05) is 19.1 Å². The van der Waals surface area contributed by atoms with Gasteiger partial charge in [-0.3, -0.25) is 4.79 Å². The van der Waals surface area contributed by atoms with Crippen molar-refractivity contribution in [2.45, 2.75) is 24.5 Å². The zero-order valence-electron chi connectivity index (χ0n) is 14.7. The third kappa shape index (κ3) is 3.72. The highest BCUT2D eigenvalue weighted by molar-refractivity contribution is 7.91. The van der Waals surface area contributed by atoms with Gasteiger partial charge in [-0.2, -0.15) is 13.2 Å². The number of nitrogens with two attached hydrogens (primary N) is 1. The minimum Gasteiger partial charge on any atom is -0.366 e. The van der Waals surface area contributed by atoms with Crippen molar-refractivity contribution in [3.05, 3.63) is 59.4 Å². The molecule has 0 aliphatic rings. The lowest BCUT2D eigenvalue weighted by Gasteiger charge is -2.12. The molecule has 0 bridgehead atoms. The second kappa shape index (κ2) is 6.93. The first kappa shape index (κ1) is 19.9. The summed E-state index contributed by atoms with van der Waals surface area (Å²) < 4.78 is 65.1. The number of hydrogen-bond acceptors (Lipinski definition) is 4. The first-order valence-electron chi connectivity index (χ1n) is 8.22. The van der Waals surface area contributed by atoms with Gasteiger partial charge in [0.1, 0.15) is 0 Å². The molecule has 0 unspecified atom stereocenters. The summed E-state index contributed by atoms with van der Waals surface area (Å²) in [6.07, 6.45) is -4.71. The number of imidazole rings is 1. The molecular formula is C18H16F3N3O3S. The van der Waals surface area contributed by atoms with Crippen LogP contribution < -0.4 is 5.73 Å². The van der Waals surface area contributed by atoms with Crippen LogP contribution in [0.2, 0.25) is 0 Å². The third-order valence-electron chi connectivity index (χ3n) is 4.29. The molecule has 0 aliphatic heterocycles. The fourth-order valence-electron chi connectivity index (χ4n) is 2.81. The van der Waals surface area contributed by atoms with E-state index in [4.69, 9.17) is 5.73 Å². The Labute approximate surface area is 158 Å². The highest BCUT2D eigenvalue weighted by Gasteiger charge is 2.37. The number of aromatic nitrogens is 2. The molecule has 148 valence electrons. The summed E-state index contributed by atoms with van der Waals surface area (Å²) in [7, 11) is -3.40. The maximum Gasteiger partial charge on any atom is 0.449 e. The van der Waals surface area contributed by atoms with Crippen LogP contribution in [0.5, 0.6) is 0 Å². The van der Waals surface area contributed by atoms with Crippen molar-refractivity contribution in [1.29, 1.82) is 0 Å². The monoisotopic (exact) mass is 411 g/mol. The van der Waals surface area contributed by atoms with Crippen LogP contribution in [0.15, 0.2) is 47.4 Å². The number of carbonyl (C=O) groups excluding carboxylic acids is 1. The van der Waals surface area contributed by atoms with Crippen molar-refractivity contribution in [2.75, 3.05) is 5.75 Å². The molecule has 3 rings (SSSR count). The van der Waals surface area contributed by atoms with Crippen LogP contribution in [0, 0.1) is 0 Å². The number of rotatable bonds is 5. The molecule has 2 N–H and O–H groups in total. The van der Waals surface area contributed by atoms with Gasteiger partial charge in [0.2, 0.25) is 11.7 Å². The van der Waals surface area contributed by atoms with E-state index in [-0.39, 0.29) is 33.8 Å². The quantitative estimate of drug-likeness (QED) is 0.698. The summed E-state index contributed by atoms with van der Waals surface area (Å²) in [6.45, 7) is 1.34. The number of hydrogen-bond donors (Lipinski definition) is 1. The van der Waals surface area contributed by atoms with Gasteiger partial charge in [0, 0.05) is 12.1 Å². The van der Waals surface area contributed by atoms with E-state index in [1.807, 2.05) is 0 Å². The number of fused-ring (bicyclic) bond motifs is 1. The number of sulfone groups is 1. The number of halogens is 3. The van der Waals surface area contributed by atoms with Gasteiger partial charge in [0.25, 0.3) is 0 Å². The van der Waals surface area contributed by atoms with Crippen molar-refractivity contribution in [1.82, 2.24) is 9.55 Å². The van der Waals surface area contributed by atoms with Gasteiger partial charge in [-0.25, -0.2) is 13.4 Å². The lowest BCUT2D eigenvalue weighted by Crippen LogP contribution is -2.15. The number of nitrogens with zero attached hydrogens (tertiary/aromatic N) is 2. The van der Waals surface area contributed by atoms with E-state index in [1.54, 1.807) is 0 Å². The van der Waals surface area contributed by atoms with Gasteiger partial charge >= 0.3 is 6.18 Å². The van der Waals surface area contributed by atoms with Gasteiger partial charge in [-0.05, 0) is 35.9 Å². The number of benzene rings is 2. The van der Waals surface area contributed by atoms with E-state index in [0.717, 1.165) is 4.57 Å². The van der Waals surface area contributed by atoms with Gasteiger partial charge in [-0.15, -0.1) is 0 Å².